The summed E-state index contributed by atoms with van der Waals surface area (Å²) >= 11 is 0. The van der Waals surface area contributed by atoms with E-state index in [4.69, 9.17) is 4.74 Å². The van der Waals surface area contributed by atoms with Crippen LogP contribution in [0.5, 0.6) is 5.75 Å². The fourth-order valence-corrected chi connectivity index (χ4v) is 1.69. The number of allylic oxidation sites excluding steroid dienone is 1. The number of rotatable bonds is 3. The quantitative estimate of drug-likeness (QED) is 0.687. The predicted molar refractivity (Wildman–Crippen MR) is 67.5 cm³/mol. The second kappa shape index (κ2) is 5.94. The number of benzene rings is 1. The molecule has 0 fully saturated rings. The van der Waals surface area contributed by atoms with Gasteiger partial charge in [0.25, 0.3) is 0 Å². The van der Waals surface area contributed by atoms with E-state index in [-0.39, 0.29) is 30.2 Å². The first-order valence-electron chi connectivity index (χ1n) is 5.90. The van der Waals surface area contributed by atoms with Crippen molar-refractivity contribution in [3.63, 3.8) is 0 Å². The van der Waals surface area contributed by atoms with Crippen molar-refractivity contribution in [1.82, 2.24) is 0 Å². The summed E-state index contributed by atoms with van der Waals surface area (Å²) < 4.78 is 55.8. The zero-order valence-corrected chi connectivity index (χ0v) is 10.6. The molecule has 1 N–H and O–H groups in total. The first-order valence-corrected chi connectivity index (χ1v) is 5.90. The molecule has 0 aliphatic carbocycles. The molecule has 0 saturated carbocycles. The highest BCUT2D eigenvalue weighted by Gasteiger charge is 2.34. The van der Waals surface area contributed by atoms with Crippen LogP contribution in [-0.4, -0.2) is 18.5 Å². The monoisotopic (exact) mass is 302 g/mol. The van der Waals surface area contributed by atoms with Gasteiger partial charge >= 0.3 is 6.18 Å². The normalized spacial score (nSPS) is 15.0. The van der Waals surface area contributed by atoms with Crippen LogP contribution in [0.1, 0.15) is 12.8 Å². The van der Waals surface area contributed by atoms with Crippen LogP contribution in [0.4, 0.5) is 23.2 Å². The van der Waals surface area contributed by atoms with Crippen molar-refractivity contribution in [2.24, 2.45) is 4.99 Å². The molecule has 0 radical (unpaired) electrons. The van der Waals surface area contributed by atoms with Gasteiger partial charge in [0.15, 0.2) is 5.90 Å². The largest absolute Gasteiger partial charge is 0.443 e. The van der Waals surface area contributed by atoms with Crippen LogP contribution in [0.3, 0.4) is 0 Å². The van der Waals surface area contributed by atoms with Gasteiger partial charge in [-0.05, 0) is 18.6 Å². The summed E-state index contributed by atoms with van der Waals surface area (Å²) in [5.74, 6) is -0.394. The SMILES string of the molecule is O=CNc1cc(OC2=NC=C(C(F)(F)F)CC2)ccc1F. The Labute approximate surface area is 117 Å². The van der Waals surface area contributed by atoms with Crippen LogP contribution in [0, 0.1) is 5.82 Å². The molecular weight excluding hydrogens is 292 g/mol. The van der Waals surface area contributed by atoms with E-state index in [9.17, 15) is 22.4 Å². The number of nitrogens with zero attached hydrogens (tertiary/aromatic N) is 1. The Morgan fingerprint density at radius 2 is 2.05 bits per heavy atom. The highest BCUT2D eigenvalue weighted by Crippen LogP contribution is 2.31. The first kappa shape index (κ1) is 15.0. The molecule has 1 heterocycles. The summed E-state index contributed by atoms with van der Waals surface area (Å²) in [6.45, 7) is 0. The zero-order valence-electron chi connectivity index (χ0n) is 10.6. The van der Waals surface area contributed by atoms with Gasteiger partial charge in [0.05, 0.1) is 11.3 Å². The number of amides is 1. The van der Waals surface area contributed by atoms with Gasteiger partial charge in [-0.2, -0.15) is 13.2 Å². The number of anilines is 1. The van der Waals surface area contributed by atoms with Crippen molar-refractivity contribution in [1.29, 1.82) is 0 Å². The standard InChI is InChI=1S/C13H10F4N2O2/c14-10-3-2-9(5-11(10)19-7-20)21-12-4-1-8(6-18-12)13(15,16)17/h2-3,5-7H,1,4H2,(H,19,20). The Bertz CT molecular complexity index is 609. The number of carbonyl (C=O) groups excluding carboxylic acids is 1. The molecule has 0 aromatic heterocycles. The van der Waals surface area contributed by atoms with Crippen molar-refractivity contribution in [2.75, 3.05) is 5.32 Å². The summed E-state index contributed by atoms with van der Waals surface area (Å²) in [5.41, 5.74) is -0.817. The Balaban J connectivity index is 2.13. The molecule has 4 nitrogen and oxygen atoms in total. The lowest BCUT2D eigenvalue weighted by molar-refractivity contribution is -0.105. The zero-order chi connectivity index (χ0) is 15.5. The van der Waals surface area contributed by atoms with Gasteiger partial charge in [-0.3, -0.25) is 4.79 Å². The Hall–Kier alpha value is -2.38. The maximum absolute atomic E-state index is 13.3. The Morgan fingerprint density at radius 3 is 2.62 bits per heavy atom. The molecule has 112 valence electrons. The van der Waals surface area contributed by atoms with E-state index >= 15 is 0 Å². The highest BCUT2D eigenvalue weighted by atomic mass is 19.4. The van der Waals surface area contributed by atoms with Gasteiger partial charge in [0.1, 0.15) is 11.6 Å². The molecule has 1 amide bonds. The van der Waals surface area contributed by atoms with E-state index in [1.165, 1.54) is 12.1 Å². The van der Waals surface area contributed by atoms with Crippen LogP contribution < -0.4 is 10.1 Å². The fraction of sp³-hybridized carbons (Fsp3) is 0.231. The van der Waals surface area contributed by atoms with Gasteiger partial charge in [-0.15, -0.1) is 0 Å². The Kier molecular flexibility index (Phi) is 4.25. The average Bonchev–Trinajstić information content (AvgIpc) is 2.42. The van der Waals surface area contributed by atoms with E-state index in [0.29, 0.717) is 12.6 Å². The second-order valence-electron chi connectivity index (χ2n) is 4.18. The minimum Gasteiger partial charge on any atom is -0.443 e. The van der Waals surface area contributed by atoms with E-state index in [1.807, 2.05) is 0 Å². The van der Waals surface area contributed by atoms with Crippen molar-refractivity contribution in [3.05, 3.63) is 35.8 Å². The third-order valence-corrected chi connectivity index (χ3v) is 2.72. The molecule has 0 unspecified atom stereocenters. The molecule has 1 aliphatic heterocycles. The molecule has 8 heteroatoms. The fourth-order valence-electron chi connectivity index (χ4n) is 1.69. The minimum atomic E-state index is -4.40. The van der Waals surface area contributed by atoms with Gasteiger partial charge in [-0.25, -0.2) is 9.38 Å². The number of aliphatic imine (C=N–C) groups is 1. The molecule has 2 rings (SSSR count). The van der Waals surface area contributed by atoms with Crippen LogP contribution in [0.15, 0.2) is 35.0 Å². The van der Waals surface area contributed by atoms with E-state index < -0.39 is 17.6 Å². The van der Waals surface area contributed by atoms with Crippen LogP contribution in [-0.2, 0) is 4.79 Å². The lowest BCUT2D eigenvalue weighted by atomic mass is 10.1. The number of nitrogens with one attached hydrogen (secondary N) is 1. The predicted octanol–water partition coefficient (Wildman–Crippen LogP) is 3.41. The van der Waals surface area contributed by atoms with E-state index in [0.717, 1.165) is 6.07 Å². The summed E-state index contributed by atoms with van der Waals surface area (Å²) in [6.07, 6.45) is -3.63. The molecule has 0 spiro atoms. The average molecular weight is 302 g/mol. The van der Waals surface area contributed by atoms with E-state index in [1.54, 1.807) is 0 Å². The summed E-state index contributed by atoms with van der Waals surface area (Å²) in [6, 6.07) is 3.58. The van der Waals surface area contributed by atoms with Crippen molar-refractivity contribution in [2.45, 2.75) is 19.0 Å². The Morgan fingerprint density at radius 1 is 1.29 bits per heavy atom. The molecule has 21 heavy (non-hydrogen) atoms. The highest BCUT2D eigenvalue weighted by molar-refractivity contribution is 5.81. The van der Waals surface area contributed by atoms with Crippen LogP contribution >= 0.6 is 0 Å². The van der Waals surface area contributed by atoms with Crippen molar-refractivity contribution in [3.8, 4) is 5.75 Å². The number of halogens is 4. The lowest BCUT2D eigenvalue weighted by Gasteiger charge is -2.16. The smallest absolute Gasteiger partial charge is 0.414 e. The van der Waals surface area contributed by atoms with Gasteiger partial charge in [0.2, 0.25) is 6.41 Å². The lowest BCUT2D eigenvalue weighted by Crippen LogP contribution is -2.18. The number of alkyl halides is 3. The summed E-state index contributed by atoms with van der Waals surface area (Å²) in [4.78, 5) is 13.9. The molecular formula is C13H10F4N2O2. The maximum Gasteiger partial charge on any atom is 0.414 e. The van der Waals surface area contributed by atoms with Gasteiger partial charge in [0, 0.05) is 18.7 Å². The van der Waals surface area contributed by atoms with Crippen LogP contribution in [0.2, 0.25) is 0 Å². The molecule has 1 aromatic carbocycles. The summed E-state index contributed by atoms with van der Waals surface area (Å²) in [7, 11) is 0. The first-order chi connectivity index (χ1) is 9.90. The number of hydrogen-bond acceptors (Lipinski definition) is 3. The van der Waals surface area contributed by atoms with E-state index in [2.05, 4.69) is 10.3 Å². The third-order valence-electron chi connectivity index (χ3n) is 2.72. The van der Waals surface area contributed by atoms with Crippen molar-refractivity contribution < 1.29 is 27.1 Å². The second-order valence-corrected chi connectivity index (χ2v) is 4.18. The minimum absolute atomic E-state index is 0.0147. The molecule has 0 bridgehead atoms. The topological polar surface area (TPSA) is 50.7 Å². The number of ether oxygens (including phenoxy) is 1. The number of hydrogen-bond donors (Lipinski definition) is 1. The molecule has 0 saturated heterocycles. The molecule has 1 aliphatic rings. The maximum atomic E-state index is 13.3. The molecule has 1 aromatic rings. The van der Waals surface area contributed by atoms with Gasteiger partial charge < -0.3 is 10.1 Å². The number of carbonyl (C=O) groups is 1. The third kappa shape index (κ3) is 3.80. The van der Waals surface area contributed by atoms with Crippen LogP contribution in [0.25, 0.3) is 0 Å². The molecule has 0 atom stereocenters. The van der Waals surface area contributed by atoms with Crippen molar-refractivity contribution >= 4 is 18.0 Å². The van der Waals surface area contributed by atoms with Gasteiger partial charge in [-0.1, -0.05) is 0 Å². The summed E-state index contributed by atoms with van der Waals surface area (Å²) in [5, 5.41) is 2.14.